The largest absolute Gasteiger partial charge is 0.392 e. The molecule has 6 nitrogen and oxygen atoms in total. The van der Waals surface area contributed by atoms with Crippen LogP contribution in [0, 0.1) is 10.8 Å². The summed E-state index contributed by atoms with van der Waals surface area (Å²) in [5.74, 6) is -0.0791. The van der Waals surface area contributed by atoms with Gasteiger partial charge in [0.05, 0.1) is 18.8 Å². The highest BCUT2D eigenvalue weighted by atomic mass is 16.7. The van der Waals surface area contributed by atoms with Crippen molar-refractivity contribution in [3.05, 3.63) is 131 Å². The first-order valence-corrected chi connectivity index (χ1v) is 17.4. The molecule has 0 aromatic heterocycles. The highest BCUT2D eigenvalue weighted by Gasteiger charge is 2.50. The van der Waals surface area contributed by atoms with Crippen LogP contribution in [0.25, 0.3) is 11.1 Å². The number of benzene rings is 4. The Bertz CT molecular complexity index is 1700. The van der Waals surface area contributed by atoms with E-state index in [9.17, 15) is 9.90 Å². The van der Waals surface area contributed by atoms with Crippen LogP contribution in [0.1, 0.15) is 91.5 Å². The topological polar surface area (TPSA) is 71.0 Å². The molecule has 2 aliphatic heterocycles. The van der Waals surface area contributed by atoms with Gasteiger partial charge in [0, 0.05) is 43.2 Å². The molecule has 3 aliphatic rings. The van der Waals surface area contributed by atoms with Crippen LogP contribution >= 0.6 is 0 Å². The molecule has 2 unspecified atom stereocenters. The van der Waals surface area contributed by atoms with Gasteiger partial charge >= 0.3 is 0 Å². The third-order valence-corrected chi connectivity index (χ3v) is 10.5. The van der Waals surface area contributed by atoms with Crippen molar-refractivity contribution in [2.24, 2.45) is 10.8 Å². The predicted octanol–water partition coefficient (Wildman–Crippen LogP) is 8.22. The number of aliphatic hydroxyl groups is 1. The van der Waals surface area contributed by atoms with E-state index in [1.807, 2.05) is 54.6 Å². The summed E-state index contributed by atoms with van der Waals surface area (Å²) in [6.07, 6.45) is 4.05. The molecule has 2 N–H and O–H groups in total. The Hall–Kier alpha value is -3.81. The molecule has 2 saturated heterocycles. The molecule has 7 rings (SSSR count). The van der Waals surface area contributed by atoms with E-state index >= 15 is 0 Å². The van der Waals surface area contributed by atoms with Gasteiger partial charge < -0.3 is 19.9 Å². The fourth-order valence-corrected chi connectivity index (χ4v) is 8.65. The fraction of sp³-hybridized carbons (Fsp3) is 0.405. The Labute approximate surface area is 285 Å². The zero-order chi connectivity index (χ0) is 33.3. The average molecular weight is 645 g/mol. The maximum atomic E-state index is 12.6. The highest BCUT2D eigenvalue weighted by molar-refractivity contribution is 5.94. The van der Waals surface area contributed by atoms with Crippen molar-refractivity contribution < 1.29 is 19.4 Å². The third kappa shape index (κ3) is 7.42. The Morgan fingerprint density at radius 1 is 0.833 bits per heavy atom. The number of ether oxygens (including phenoxy) is 2. The van der Waals surface area contributed by atoms with Gasteiger partial charge in [-0.05, 0) is 76.1 Å². The number of carbonyl (C=O) groups excluding carboxylic acids is 1. The minimum atomic E-state index is -0.478. The maximum absolute atomic E-state index is 12.6. The van der Waals surface area contributed by atoms with Crippen LogP contribution in [-0.4, -0.2) is 41.1 Å². The molecule has 1 aliphatic carbocycles. The lowest BCUT2D eigenvalue weighted by Crippen LogP contribution is -2.42. The van der Waals surface area contributed by atoms with Gasteiger partial charge in [-0.2, -0.15) is 0 Å². The first-order valence-electron chi connectivity index (χ1n) is 17.4. The fourth-order valence-electron chi connectivity index (χ4n) is 8.65. The third-order valence-electron chi connectivity index (χ3n) is 10.5. The average Bonchev–Trinajstić information content (AvgIpc) is 3.34. The van der Waals surface area contributed by atoms with Crippen molar-refractivity contribution in [1.29, 1.82) is 0 Å². The number of rotatable bonds is 9. The minimum Gasteiger partial charge on any atom is -0.392 e. The standard InChI is InChI=1S/C42H48N2O4/c1-41(2)22-36-23-42(3,27-41)28-44(36)25-37-21-38(32-14-12-29(26-45)13-15-32)48-40(47-37)34-18-16-31(17-19-34)35-11-7-8-30(20-35)24-43-39(46)33-9-5-4-6-10-33/h4-20,36-38,40,45H,21-28H2,1-3H3,(H,43,46)/t36?,37-,38+,40+,42?/m1/s1. The number of fused-ring (bicyclic) bond motifs is 2. The maximum Gasteiger partial charge on any atom is 0.251 e. The van der Waals surface area contributed by atoms with Gasteiger partial charge in [0.15, 0.2) is 6.29 Å². The molecular formula is C42H48N2O4. The lowest BCUT2D eigenvalue weighted by Gasteiger charge is -2.41. The number of likely N-dealkylation sites (tertiary alicyclic amines) is 1. The number of amides is 1. The molecule has 6 heteroatoms. The van der Waals surface area contributed by atoms with Gasteiger partial charge in [-0.3, -0.25) is 9.69 Å². The molecule has 250 valence electrons. The monoisotopic (exact) mass is 644 g/mol. The Balaban J connectivity index is 1.07. The van der Waals surface area contributed by atoms with E-state index < -0.39 is 6.29 Å². The molecule has 4 aromatic rings. The van der Waals surface area contributed by atoms with Crippen molar-refractivity contribution in [2.75, 3.05) is 13.1 Å². The molecule has 3 fully saturated rings. The molecule has 5 atom stereocenters. The van der Waals surface area contributed by atoms with E-state index in [1.165, 1.54) is 19.3 Å². The van der Waals surface area contributed by atoms with Crippen LogP contribution in [0.5, 0.6) is 0 Å². The molecule has 1 amide bonds. The second-order valence-corrected chi connectivity index (χ2v) is 15.4. The van der Waals surface area contributed by atoms with E-state index in [-0.39, 0.29) is 24.7 Å². The van der Waals surface area contributed by atoms with Crippen molar-refractivity contribution >= 4 is 5.91 Å². The minimum absolute atomic E-state index is 0.0310. The van der Waals surface area contributed by atoms with Gasteiger partial charge in [0.25, 0.3) is 5.91 Å². The van der Waals surface area contributed by atoms with Crippen molar-refractivity contribution in [1.82, 2.24) is 10.2 Å². The molecule has 0 spiro atoms. The number of hydrogen-bond acceptors (Lipinski definition) is 5. The van der Waals surface area contributed by atoms with E-state index in [0.717, 1.165) is 52.9 Å². The summed E-state index contributed by atoms with van der Waals surface area (Å²) >= 11 is 0. The van der Waals surface area contributed by atoms with E-state index in [1.54, 1.807) is 0 Å². The van der Waals surface area contributed by atoms with E-state index in [4.69, 9.17) is 9.47 Å². The number of hydrogen-bond donors (Lipinski definition) is 2. The Kier molecular flexibility index (Phi) is 9.27. The number of nitrogens with one attached hydrogen (secondary N) is 1. The summed E-state index contributed by atoms with van der Waals surface area (Å²) in [6.45, 7) is 9.86. The van der Waals surface area contributed by atoms with Gasteiger partial charge in [-0.25, -0.2) is 0 Å². The van der Waals surface area contributed by atoms with Crippen LogP contribution in [0.4, 0.5) is 0 Å². The van der Waals surface area contributed by atoms with Gasteiger partial charge in [0.2, 0.25) is 0 Å². The van der Waals surface area contributed by atoms with Crippen LogP contribution in [-0.2, 0) is 22.6 Å². The number of aliphatic hydroxyl groups excluding tert-OH is 1. The van der Waals surface area contributed by atoms with Crippen LogP contribution < -0.4 is 5.32 Å². The van der Waals surface area contributed by atoms with Gasteiger partial charge in [-0.15, -0.1) is 0 Å². The molecule has 2 heterocycles. The van der Waals surface area contributed by atoms with Crippen molar-refractivity contribution in [3.8, 4) is 11.1 Å². The summed E-state index contributed by atoms with van der Waals surface area (Å²) in [5, 5.41) is 12.6. The number of nitrogens with zero attached hydrogens (tertiary/aromatic N) is 1. The molecule has 1 saturated carbocycles. The second-order valence-electron chi connectivity index (χ2n) is 15.4. The van der Waals surface area contributed by atoms with E-state index in [0.29, 0.717) is 29.0 Å². The molecule has 48 heavy (non-hydrogen) atoms. The quantitative estimate of drug-likeness (QED) is 0.192. The first kappa shape index (κ1) is 32.7. The summed E-state index contributed by atoms with van der Waals surface area (Å²) in [5.41, 5.74) is 7.65. The first-order chi connectivity index (χ1) is 23.1. The van der Waals surface area contributed by atoms with Gasteiger partial charge in [-0.1, -0.05) is 106 Å². The zero-order valence-electron chi connectivity index (χ0n) is 28.4. The highest BCUT2D eigenvalue weighted by Crippen LogP contribution is 2.53. The van der Waals surface area contributed by atoms with Gasteiger partial charge in [0.1, 0.15) is 0 Å². The van der Waals surface area contributed by atoms with E-state index in [2.05, 4.69) is 79.5 Å². The summed E-state index contributed by atoms with van der Waals surface area (Å²) in [6, 6.07) is 34.8. The predicted molar refractivity (Wildman–Crippen MR) is 189 cm³/mol. The SMILES string of the molecule is CC1(C)CC2CC(C)(CN2C[C@H]2C[C@@H](c3ccc(CO)cc3)O[C@@H](c3ccc(-c4cccc(CNC(=O)c5ccccc5)c4)cc3)O2)C1. The zero-order valence-corrected chi connectivity index (χ0v) is 28.4. The number of carbonyl (C=O) groups is 1. The summed E-state index contributed by atoms with van der Waals surface area (Å²) < 4.78 is 13.5. The van der Waals surface area contributed by atoms with Crippen molar-refractivity contribution in [2.45, 2.75) is 84.1 Å². The van der Waals surface area contributed by atoms with Crippen LogP contribution in [0.3, 0.4) is 0 Å². The molecule has 2 bridgehead atoms. The Morgan fingerprint density at radius 3 is 2.33 bits per heavy atom. The normalized spacial score (nSPS) is 26.7. The molecule has 0 radical (unpaired) electrons. The lowest BCUT2D eigenvalue weighted by atomic mass is 9.65. The molecule has 4 aromatic carbocycles. The summed E-state index contributed by atoms with van der Waals surface area (Å²) in [7, 11) is 0. The Morgan fingerprint density at radius 2 is 1.58 bits per heavy atom. The van der Waals surface area contributed by atoms with Crippen LogP contribution in [0.2, 0.25) is 0 Å². The molecular weight excluding hydrogens is 596 g/mol. The second kappa shape index (κ2) is 13.6. The summed E-state index contributed by atoms with van der Waals surface area (Å²) in [4.78, 5) is 15.3. The smallest absolute Gasteiger partial charge is 0.251 e. The lowest BCUT2D eigenvalue weighted by molar-refractivity contribution is -0.253. The van der Waals surface area contributed by atoms with Crippen molar-refractivity contribution in [3.63, 3.8) is 0 Å². The van der Waals surface area contributed by atoms with Crippen LogP contribution in [0.15, 0.2) is 103 Å².